The fourth-order valence-electron chi connectivity index (χ4n) is 2.76. The lowest BCUT2D eigenvalue weighted by atomic mass is 9.89. The highest BCUT2D eigenvalue weighted by Gasteiger charge is 2.31. The molecule has 0 fully saturated rings. The van der Waals surface area contributed by atoms with Crippen LogP contribution in [0, 0.1) is 0 Å². The Kier molecular flexibility index (Phi) is 7.20. The van der Waals surface area contributed by atoms with Gasteiger partial charge in [0.1, 0.15) is 5.75 Å². The number of rotatable bonds is 10. The van der Waals surface area contributed by atoms with Crippen molar-refractivity contribution in [1.82, 2.24) is 5.32 Å². The maximum atomic E-state index is 12.2. The van der Waals surface area contributed by atoms with Crippen LogP contribution in [0.15, 0.2) is 47.1 Å². The SMILES string of the molecule is CCC(CC)(CC(=O)O)NC(=O)COc1cccc(NC(=O)c2ccco2)c1. The van der Waals surface area contributed by atoms with E-state index in [0.29, 0.717) is 24.3 Å². The second-order valence-corrected chi connectivity index (χ2v) is 6.35. The van der Waals surface area contributed by atoms with Crippen LogP contribution in [0.1, 0.15) is 43.7 Å². The van der Waals surface area contributed by atoms with E-state index in [0.717, 1.165) is 0 Å². The Labute approximate surface area is 162 Å². The van der Waals surface area contributed by atoms with Crippen molar-refractivity contribution < 1.29 is 28.6 Å². The number of hydrogen-bond acceptors (Lipinski definition) is 5. The van der Waals surface area contributed by atoms with Crippen LogP contribution < -0.4 is 15.4 Å². The first kappa shape index (κ1) is 21.0. The van der Waals surface area contributed by atoms with Gasteiger partial charge in [-0.2, -0.15) is 0 Å². The van der Waals surface area contributed by atoms with E-state index < -0.39 is 23.3 Å². The Morgan fingerprint density at radius 1 is 1.14 bits per heavy atom. The highest BCUT2D eigenvalue weighted by molar-refractivity contribution is 6.02. The summed E-state index contributed by atoms with van der Waals surface area (Å²) in [5.74, 6) is -1.20. The summed E-state index contributed by atoms with van der Waals surface area (Å²) in [7, 11) is 0. The summed E-state index contributed by atoms with van der Waals surface area (Å²) in [6.07, 6.45) is 2.25. The minimum absolute atomic E-state index is 0.153. The predicted molar refractivity (Wildman–Crippen MR) is 102 cm³/mol. The van der Waals surface area contributed by atoms with Gasteiger partial charge in [-0.25, -0.2) is 0 Å². The fourth-order valence-corrected chi connectivity index (χ4v) is 2.76. The van der Waals surface area contributed by atoms with Crippen LogP contribution in [-0.4, -0.2) is 35.0 Å². The van der Waals surface area contributed by atoms with Gasteiger partial charge in [-0.1, -0.05) is 19.9 Å². The molecule has 0 saturated carbocycles. The first-order valence-corrected chi connectivity index (χ1v) is 8.98. The second kappa shape index (κ2) is 9.59. The number of amides is 2. The number of nitrogens with one attached hydrogen (secondary N) is 2. The topological polar surface area (TPSA) is 118 Å². The minimum atomic E-state index is -0.968. The molecule has 1 aromatic heterocycles. The molecule has 0 aliphatic heterocycles. The zero-order valence-electron chi connectivity index (χ0n) is 15.9. The van der Waals surface area contributed by atoms with Crippen molar-refractivity contribution in [2.24, 2.45) is 0 Å². The van der Waals surface area contributed by atoms with Crippen LogP contribution in [0.4, 0.5) is 5.69 Å². The van der Waals surface area contributed by atoms with E-state index in [4.69, 9.17) is 14.3 Å². The van der Waals surface area contributed by atoms with Gasteiger partial charge in [0.2, 0.25) is 0 Å². The van der Waals surface area contributed by atoms with Crippen LogP contribution in [-0.2, 0) is 9.59 Å². The zero-order chi connectivity index (χ0) is 20.6. The molecule has 8 nitrogen and oxygen atoms in total. The molecule has 0 saturated heterocycles. The number of aliphatic carboxylic acids is 1. The molecule has 150 valence electrons. The summed E-state index contributed by atoms with van der Waals surface area (Å²) in [5.41, 5.74) is -0.313. The van der Waals surface area contributed by atoms with Crippen molar-refractivity contribution in [2.45, 2.75) is 38.6 Å². The lowest BCUT2D eigenvalue weighted by Gasteiger charge is -2.31. The van der Waals surface area contributed by atoms with Crippen molar-refractivity contribution in [3.05, 3.63) is 48.4 Å². The number of hydrogen-bond donors (Lipinski definition) is 3. The second-order valence-electron chi connectivity index (χ2n) is 6.35. The Bertz CT molecular complexity index is 812. The molecule has 0 atom stereocenters. The van der Waals surface area contributed by atoms with Crippen LogP contribution in [0.25, 0.3) is 0 Å². The van der Waals surface area contributed by atoms with E-state index in [9.17, 15) is 14.4 Å². The molecule has 28 heavy (non-hydrogen) atoms. The smallest absolute Gasteiger partial charge is 0.305 e. The van der Waals surface area contributed by atoms with Crippen molar-refractivity contribution in [3.8, 4) is 5.75 Å². The van der Waals surface area contributed by atoms with E-state index in [2.05, 4.69) is 10.6 Å². The molecule has 2 aromatic rings. The molecule has 0 unspecified atom stereocenters. The number of carbonyl (C=O) groups is 3. The molecule has 8 heteroatoms. The largest absolute Gasteiger partial charge is 0.484 e. The molecule has 3 N–H and O–H groups in total. The lowest BCUT2D eigenvalue weighted by Crippen LogP contribution is -2.50. The van der Waals surface area contributed by atoms with Gasteiger partial charge in [-0.15, -0.1) is 0 Å². The number of furan rings is 1. The van der Waals surface area contributed by atoms with Crippen molar-refractivity contribution in [3.63, 3.8) is 0 Å². The van der Waals surface area contributed by atoms with Gasteiger partial charge in [0.15, 0.2) is 12.4 Å². The molecule has 0 radical (unpaired) electrons. The van der Waals surface area contributed by atoms with Crippen molar-refractivity contribution >= 4 is 23.5 Å². The number of ether oxygens (including phenoxy) is 1. The zero-order valence-corrected chi connectivity index (χ0v) is 15.9. The van der Waals surface area contributed by atoms with E-state index in [-0.39, 0.29) is 18.8 Å². The summed E-state index contributed by atoms with van der Waals surface area (Å²) in [6.45, 7) is 3.40. The Hall–Kier alpha value is -3.29. The van der Waals surface area contributed by atoms with Crippen molar-refractivity contribution in [1.29, 1.82) is 0 Å². The van der Waals surface area contributed by atoms with E-state index >= 15 is 0 Å². The first-order valence-electron chi connectivity index (χ1n) is 8.98. The summed E-state index contributed by atoms with van der Waals surface area (Å²) >= 11 is 0. The molecule has 0 aliphatic carbocycles. The summed E-state index contributed by atoms with van der Waals surface area (Å²) in [4.78, 5) is 35.3. The van der Waals surface area contributed by atoms with Crippen LogP contribution in [0.2, 0.25) is 0 Å². The van der Waals surface area contributed by atoms with Gasteiger partial charge < -0.3 is 24.9 Å². The standard InChI is InChI=1S/C20H24N2O6/c1-3-20(4-2,12-18(24)25)22-17(23)13-28-15-8-5-7-14(11-15)21-19(26)16-9-6-10-27-16/h5-11H,3-4,12-13H2,1-2H3,(H,21,26)(H,22,23)(H,24,25). The van der Waals surface area contributed by atoms with Gasteiger partial charge >= 0.3 is 5.97 Å². The molecule has 0 spiro atoms. The number of carbonyl (C=O) groups excluding carboxylic acids is 2. The van der Waals surface area contributed by atoms with E-state index in [1.165, 1.54) is 6.26 Å². The molecular formula is C20H24N2O6. The molecule has 2 amide bonds. The predicted octanol–water partition coefficient (Wildman–Crippen LogP) is 3.06. The van der Waals surface area contributed by atoms with Gasteiger partial charge in [0.05, 0.1) is 18.2 Å². The van der Waals surface area contributed by atoms with Gasteiger partial charge in [-0.3, -0.25) is 14.4 Å². The Morgan fingerprint density at radius 3 is 2.50 bits per heavy atom. The molecule has 1 heterocycles. The van der Waals surface area contributed by atoms with Gasteiger partial charge in [-0.05, 0) is 37.1 Å². The van der Waals surface area contributed by atoms with Crippen LogP contribution in [0.3, 0.4) is 0 Å². The summed E-state index contributed by atoms with van der Waals surface area (Å²) in [5, 5.41) is 14.5. The fraction of sp³-hybridized carbons (Fsp3) is 0.350. The van der Waals surface area contributed by atoms with Crippen LogP contribution in [0.5, 0.6) is 5.75 Å². The Morgan fingerprint density at radius 2 is 1.89 bits per heavy atom. The third-order valence-corrected chi connectivity index (χ3v) is 4.45. The quantitative estimate of drug-likeness (QED) is 0.576. The maximum Gasteiger partial charge on any atom is 0.305 e. The van der Waals surface area contributed by atoms with Crippen molar-refractivity contribution in [2.75, 3.05) is 11.9 Å². The lowest BCUT2D eigenvalue weighted by molar-refractivity contribution is -0.139. The number of benzene rings is 1. The highest BCUT2D eigenvalue weighted by atomic mass is 16.5. The highest BCUT2D eigenvalue weighted by Crippen LogP contribution is 2.21. The van der Waals surface area contributed by atoms with Gasteiger partial charge in [0.25, 0.3) is 11.8 Å². The first-order chi connectivity index (χ1) is 13.4. The molecular weight excluding hydrogens is 364 g/mol. The number of anilines is 1. The average molecular weight is 388 g/mol. The third-order valence-electron chi connectivity index (χ3n) is 4.45. The number of carboxylic acid groups (broad SMARTS) is 1. The monoisotopic (exact) mass is 388 g/mol. The average Bonchev–Trinajstić information content (AvgIpc) is 3.21. The minimum Gasteiger partial charge on any atom is -0.484 e. The normalized spacial score (nSPS) is 10.9. The molecule has 1 aromatic carbocycles. The third kappa shape index (κ3) is 5.87. The summed E-state index contributed by atoms with van der Waals surface area (Å²) < 4.78 is 10.5. The number of carboxylic acids is 1. The van der Waals surface area contributed by atoms with Gasteiger partial charge in [0, 0.05) is 11.8 Å². The van der Waals surface area contributed by atoms with E-state index in [1.54, 1.807) is 36.4 Å². The van der Waals surface area contributed by atoms with E-state index in [1.807, 2.05) is 13.8 Å². The summed E-state index contributed by atoms with van der Waals surface area (Å²) in [6, 6.07) is 9.75. The van der Waals surface area contributed by atoms with Crippen LogP contribution >= 0.6 is 0 Å². The molecule has 0 aliphatic rings. The molecule has 0 bridgehead atoms. The Balaban J connectivity index is 1.94. The molecule has 2 rings (SSSR count). The maximum absolute atomic E-state index is 12.2.